The van der Waals surface area contributed by atoms with Crippen LogP contribution in [0.5, 0.6) is 0 Å². The lowest BCUT2D eigenvalue weighted by Gasteiger charge is -2.22. The molecule has 3 heteroatoms. The molecule has 0 spiro atoms. The lowest BCUT2D eigenvalue weighted by atomic mass is 10.3. The SMILES string of the molecule is CCCN(C=O)C(N)CC. The van der Waals surface area contributed by atoms with Gasteiger partial charge in [-0.25, -0.2) is 0 Å². The minimum absolute atomic E-state index is 0.0996. The first-order chi connectivity index (χ1) is 4.76. The molecule has 60 valence electrons. The van der Waals surface area contributed by atoms with Gasteiger partial charge >= 0.3 is 0 Å². The summed E-state index contributed by atoms with van der Waals surface area (Å²) >= 11 is 0. The van der Waals surface area contributed by atoms with E-state index in [1.54, 1.807) is 4.90 Å². The number of carbonyl (C=O) groups is 1. The first kappa shape index (κ1) is 9.43. The summed E-state index contributed by atoms with van der Waals surface area (Å²) in [5.41, 5.74) is 5.61. The highest BCUT2D eigenvalue weighted by molar-refractivity contribution is 5.47. The molecule has 10 heavy (non-hydrogen) atoms. The molecule has 0 heterocycles. The normalized spacial score (nSPS) is 12.7. The predicted octanol–water partition coefficient (Wildman–Crippen LogP) is 0.550. The molecule has 3 nitrogen and oxygen atoms in total. The van der Waals surface area contributed by atoms with Gasteiger partial charge in [-0.1, -0.05) is 13.8 Å². The van der Waals surface area contributed by atoms with E-state index in [0.29, 0.717) is 0 Å². The number of amides is 1. The highest BCUT2D eigenvalue weighted by atomic mass is 16.1. The maximum absolute atomic E-state index is 10.3. The van der Waals surface area contributed by atoms with Gasteiger partial charge in [-0.15, -0.1) is 0 Å². The number of hydrogen-bond acceptors (Lipinski definition) is 2. The standard InChI is InChI=1S/C7H16N2O/c1-3-5-9(6-10)7(8)4-2/h6-7H,3-5,8H2,1-2H3. The maximum Gasteiger partial charge on any atom is 0.210 e. The summed E-state index contributed by atoms with van der Waals surface area (Å²) in [6.45, 7) is 4.76. The molecule has 0 aliphatic heterocycles. The molecule has 0 aliphatic carbocycles. The van der Waals surface area contributed by atoms with Crippen LogP contribution in [0, 0.1) is 0 Å². The largest absolute Gasteiger partial charge is 0.330 e. The molecular formula is C7H16N2O. The minimum atomic E-state index is -0.0996. The van der Waals surface area contributed by atoms with Crippen LogP contribution in [0.3, 0.4) is 0 Å². The molecule has 0 saturated heterocycles. The molecule has 0 aromatic heterocycles. The van der Waals surface area contributed by atoms with Gasteiger partial charge in [-0.3, -0.25) is 4.79 Å². The Balaban J connectivity index is 3.67. The number of nitrogens with zero attached hydrogens (tertiary/aromatic N) is 1. The first-order valence-corrected chi connectivity index (χ1v) is 3.72. The third-order valence-electron chi connectivity index (χ3n) is 1.46. The molecule has 0 saturated carbocycles. The van der Waals surface area contributed by atoms with Gasteiger partial charge in [0.15, 0.2) is 0 Å². The van der Waals surface area contributed by atoms with Crippen LogP contribution >= 0.6 is 0 Å². The average molecular weight is 144 g/mol. The Morgan fingerprint density at radius 1 is 1.60 bits per heavy atom. The van der Waals surface area contributed by atoms with E-state index in [1.807, 2.05) is 13.8 Å². The van der Waals surface area contributed by atoms with Crippen molar-refractivity contribution in [3.05, 3.63) is 0 Å². The maximum atomic E-state index is 10.3. The minimum Gasteiger partial charge on any atom is -0.330 e. The molecule has 0 bridgehead atoms. The topological polar surface area (TPSA) is 46.3 Å². The van der Waals surface area contributed by atoms with Crippen LogP contribution < -0.4 is 5.73 Å². The van der Waals surface area contributed by atoms with Crippen molar-refractivity contribution in [1.82, 2.24) is 4.90 Å². The molecule has 1 unspecified atom stereocenters. The molecule has 0 rings (SSSR count). The van der Waals surface area contributed by atoms with Gasteiger partial charge in [-0.05, 0) is 12.8 Å². The van der Waals surface area contributed by atoms with Crippen molar-refractivity contribution < 1.29 is 4.79 Å². The zero-order valence-corrected chi connectivity index (χ0v) is 6.71. The zero-order valence-electron chi connectivity index (χ0n) is 6.71. The first-order valence-electron chi connectivity index (χ1n) is 3.72. The van der Waals surface area contributed by atoms with Gasteiger partial charge in [0.25, 0.3) is 0 Å². The second kappa shape index (κ2) is 5.23. The van der Waals surface area contributed by atoms with E-state index < -0.39 is 0 Å². The van der Waals surface area contributed by atoms with E-state index in [0.717, 1.165) is 25.8 Å². The van der Waals surface area contributed by atoms with Crippen molar-refractivity contribution in [2.45, 2.75) is 32.9 Å². The van der Waals surface area contributed by atoms with Crippen LogP contribution in [0.15, 0.2) is 0 Å². The van der Waals surface area contributed by atoms with Crippen LogP contribution in [0.1, 0.15) is 26.7 Å². The van der Waals surface area contributed by atoms with Crippen LogP contribution in [0.25, 0.3) is 0 Å². The summed E-state index contributed by atoms with van der Waals surface area (Å²) in [5, 5.41) is 0. The summed E-state index contributed by atoms with van der Waals surface area (Å²) in [6, 6.07) is 0. The Morgan fingerprint density at radius 2 is 2.20 bits per heavy atom. The van der Waals surface area contributed by atoms with Gasteiger partial charge in [0.2, 0.25) is 6.41 Å². The molecule has 0 fully saturated rings. The number of nitrogens with two attached hydrogens (primary N) is 1. The molecule has 0 aromatic carbocycles. The van der Waals surface area contributed by atoms with Crippen molar-refractivity contribution >= 4 is 6.41 Å². The van der Waals surface area contributed by atoms with E-state index in [1.165, 1.54) is 0 Å². The Bertz CT molecular complexity index is 95.6. The van der Waals surface area contributed by atoms with Gasteiger partial charge in [0.1, 0.15) is 0 Å². The van der Waals surface area contributed by atoms with Gasteiger partial charge in [0.05, 0.1) is 6.17 Å². The third-order valence-corrected chi connectivity index (χ3v) is 1.46. The highest BCUT2D eigenvalue weighted by Crippen LogP contribution is 1.94. The van der Waals surface area contributed by atoms with E-state index in [2.05, 4.69) is 0 Å². The van der Waals surface area contributed by atoms with Gasteiger partial charge < -0.3 is 10.6 Å². The zero-order chi connectivity index (χ0) is 7.98. The monoisotopic (exact) mass is 144 g/mol. The Morgan fingerprint density at radius 3 is 2.50 bits per heavy atom. The molecule has 2 N–H and O–H groups in total. The predicted molar refractivity (Wildman–Crippen MR) is 41.3 cm³/mol. The Labute approximate surface area is 62.2 Å². The average Bonchev–Trinajstić information content (AvgIpc) is 1.99. The van der Waals surface area contributed by atoms with E-state index in [4.69, 9.17) is 5.73 Å². The van der Waals surface area contributed by atoms with Crippen LogP contribution in [-0.2, 0) is 4.79 Å². The lowest BCUT2D eigenvalue weighted by molar-refractivity contribution is -0.120. The fourth-order valence-corrected chi connectivity index (χ4v) is 0.789. The number of carbonyl (C=O) groups excluding carboxylic acids is 1. The summed E-state index contributed by atoms with van der Waals surface area (Å²) < 4.78 is 0. The summed E-state index contributed by atoms with van der Waals surface area (Å²) in [5.74, 6) is 0. The molecular weight excluding hydrogens is 128 g/mol. The highest BCUT2D eigenvalue weighted by Gasteiger charge is 2.06. The van der Waals surface area contributed by atoms with Crippen LogP contribution in [0.4, 0.5) is 0 Å². The van der Waals surface area contributed by atoms with Crippen molar-refractivity contribution in [3.8, 4) is 0 Å². The fourth-order valence-electron chi connectivity index (χ4n) is 0.789. The van der Waals surface area contributed by atoms with E-state index in [-0.39, 0.29) is 6.17 Å². The third kappa shape index (κ3) is 2.82. The number of hydrogen-bond donors (Lipinski definition) is 1. The molecule has 0 aromatic rings. The number of rotatable bonds is 5. The van der Waals surface area contributed by atoms with Crippen molar-refractivity contribution in [1.29, 1.82) is 0 Å². The van der Waals surface area contributed by atoms with Gasteiger partial charge in [-0.2, -0.15) is 0 Å². The molecule has 1 amide bonds. The summed E-state index contributed by atoms with van der Waals surface area (Å²) in [4.78, 5) is 12.0. The second-order valence-electron chi connectivity index (χ2n) is 2.32. The summed E-state index contributed by atoms with van der Waals surface area (Å²) in [7, 11) is 0. The van der Waals surface area contributed by atoms with E-state index >= 15 is 0 Å². The lowest BCUT2D eigenvalue weighted by Crippen LogP contribution is -2.40. The molecule has 0 radical (unpaired) electrons. The Hall–Kier alpha value is -0.570. The fraction of sp³-hybridized carbons (Fsp3) is 0.857. The smallest absolute Gasteiger partial charge is 0.210 e. The quantitative estimate of drug-likeness (QED) is 0.452. The van der Waals surface area contributed by atoms with Gasteiger partial charge in [0, 0.05) is 6.54 Å². The van der Waals surface area contributed by atoms with Crippen molar-refractivity contribution in [2.24, 2.45) is 5.73 Å². The van der Waals surface area contributed by atoms with E-state index in [9.17, 15) is 4.79 Å². The summed E-state index contributed by atoms with van der Waals surface area (Å²) in [6.07, 6.45) is 2.50. The van der Waals surface area contributed by atoms with Crippen molar-refractivity contribution in [2.75, 3.05) is 6.54 Å². The van der Waals surface area contributed by atoms with Crippen LogP contribution in [0.2, 0.25) is 0 Å². The molecule has 1 atom stereocenters. The molecule has 0 aliphatic rings. The second-order valence-corrected chi connectivity index (χ2v) is 2.32. The Kier molecular flexibility index (Phi) is 4.94. The van der Waals surface area contributed by atoms with Crippen LogP contribution in [-0.4, -0.2) is 24.0 Å². The van der Waals surface area contributed by atoms with Crippen molar-refractivity contribution in [3.63, 3.8) is 0 Å².